The Labute approximate surface area is 218 Å². The largest absolute Gasteiger partial charge is 0.457 e. The average Bonchev–Trinajstić information content (AvgIpc) is 3.28. The minimum atomic E-state index is -4.57. The topological polar surface area (TPSA) is 59.9 Å². The second kappa shape index (κ2) is 10.4. The van der Waals surface area contributed by atoms with Gasteiger partial charge in [-0.3, -0.25) is 4.79 Å². The van der Waals surface area contributed by atoms with Crippen molar-refractivity contribution < 1.29 is 17.9 Å². The summed E-state index contributed by atoms with van der Waals surface area (Å²) >= 11 is 7.02. The summed E-state index contributed by atoms with van der Waals surface area (Å²) in [4.78, 5) is 19.8. The molecule has 0 amide bonds. The van der Waals surface area contributed by atoms with E-state index in [1.165, 1.54) is 17.8 Å². The van der Waals surface area contributed by atoms with Crippen LogP contribution in [0.4, 0.5) is 13.2 Å². The Morgan fingerprint density at radius 1 is 1.00 bits per heavy atom. The zero-order chi connectivity index (χ0) is 26.0. The van der Waals surface area contributed by atoms with Crippen LogP contribution in [0.15, 0.2) is 95.1 Å². The van der Waals surface area contributed by atoms with Crippen molar-refractivity contribution in [2.75, 3.05) is 0 Å². The molecule has 10 heteroatoms. The van der Waals surface area contributed by atoms with Crippen LogP contribution >= 0.6 is 23.4 Å². The number of nitrogens with zero attached hydrogens (tertiary/aromatic N) is 2. The van der Waals surface area contributed by atoms with E-state index in [2.05, 4.69) is 9.97 Å². The summed E-state index contributed by atoms with van der Waals surface area (Å²) < 4.78 is 46.8. The zero-order valence-corrected chi connectivity index (χ0v) is 20.7. The molecule has 0 spiro atoms. The maximum atomic E-state index is 13.1. The highest BCUT2D eigenvalue weighted by molar-refractivity contribution is 7.98. The van der Waals surface area contributed by atoms with Crippen LogP contribution in [-0.2, 0) is 18.5 Å². The second-order valence-electron chi connectivity index (χ2n) is 8.21. The Morgan fingerprint density at radius 2 is 1.76 bits per heavy atom. The van der Waals surface area contributed by atoms with Gasteiger partial charge in [0.05, 0.1) is 22.7 Å². The van der Waals surface area contributed by atoms with Gasteiger partial charge in [-0.25, -0.2) is 0 Å². The molecule has 2 aromatic heterocycles. The molecule has 3 aromatic carbocycles. The van der Waals surface area contributed by atoms with E-state index in [0.29, 0.717) is 28.8 Å². The number of ether oxygens (including phenoxy) is 1. The Hall–Kier alpha value is -3.69. The van der Waals surface area contributed by atoms with Gasteiger partial charge in [-0.15, -0.1) is 0 Å². The Bertz CT molecular complexity index is 1610. The van der Waals surface area contributed by atoms with Crippen LogP contribution in [0.25, 0.3) is 10.9 Å². The third kappa shape index (κ3) is 5.84. The number of alkyl halides is 3. The van der Waals surface area contributed by atoms with Crippen molar-refractivity contribution in [1.29, 1.82) is 0 Å². The molecule has 0 unspecified atom stereocenters. The Balaban J connectivity index is 1.21. The van der Waals surface area contributed by atoms with Crippen molar-refractivity contribution in [3.05, 3.63) is 117 Å². The fraction of sp³-hybridized carbons (Fsp3) is 0.111. The van der Waals surface area contributed by atoms with Crippen LogP contribution in [0.1, 0.15) is 16.7 Å². The SMILES string of the molecule is O=c1nc(SCc2ccc(Oc3ccc(Cl)c(C(F)(F)F)c3)cc2)[nH]cc1Cn1ccc2ccccc21. The third-order valence-electron chi connectivity index (χ3n) is 5.65. The predicted octanol–water partition coefficient (Wildman–Crippen LogP) is 7.53. The van der Waals surface area contributed by atoms with Crippen LogP contribution in [0.2, 0.25) is 5.02 Å². The normalized spacial score (nSPS) is 11.7. The van der Waals surface area contributed by atoms with E-state index < -0.39 is 11.7 Å². The van der Waals surface area contributed by atoms with E-state index in [9.17, 15) is 18.0 Å². The van der Waals surface area contributed by atoms with Gasteiger partial charge in [0.25, 0.3) is 5.56 Å². The lowest BCUT2D eigenvalue weighted by Crippen LogP contribution is -2.16. The van der Waals surface area contributed by atoms with Gasteiger partial charge in [0, 0.05) is 23.7 Å². The number of halogens is 4. The molecule has 1 N–H and O–H groups in total. The molecular formula is C27H19ClF3N3O2S. The van der Waals surface area contributed by atoms with E-state index in [1.54, 1.807) is 30.5 Å². The molecule has 0 aliphatic rings. The van der Waals surface area contributed by atoms with Gasteiger partial charge in [0.2, 0.25) is 0 Å². The first kappa shape index (κ1) is 25.0. The van der Waals surface area contributed by atoms with Gasteiger partial charge in [-0.1, -0.05) is 53.7 Å². The van der Waals surface area contributed by atoms with E-state index in [0.717, 1.165) is 28.6 Å². The average molecular weight is 542 g/mol. The summed E-state index contributed by atoms with van der Waals surface area (Å²) in [6.07, 6.45) is -0.936. The second-order valence-corrected chi connectivity index (χ2v) is 9.58. The quantitative estimate of drug-likeness (QED) is 0.171. The van der Waals surface area contributed by atoms with Crippen LogP contribution < -0.4 is 10.3 Å². The highest BCUT2D eigenvalue weighted by Crippen LogP contribution is 2.37. The van der Waals surface area contributed by atoms with Crippen molar-refractivity contribution in [3.63, 3.8) is 0 Å². The Morgan fingerprint density at radius 3 is 2.51 bits per heavy atom. The fourth-order valence-electron chi connectivity index (χ4n) is 3.78. The highest BCUT2D eigenvalue weighted by Gasteiger charge is 2.33. The number of para-hydroxylation sites is 1. The van der Waals surface area contributed by atoms with Crippen molar-refractivity contribution >= 4 is 34.3 Å². The van der Waals surface area contributed by atoms with Crippen LogP contribution in [0.5, 0.6) is 11.5 Å². The summed E-state index contributed by atoms with van der Waals surface area (Å²) in [7, 11) is 0. The Kier molecular flexibility index (Phi) is 6.99. The molecule has 37 heavy (non-hydrogen) atoms. The molecule has 0 atom stereocenters. The summed E-state index contributed by atoms with van der Waals surface area (Å²) in [5, 5.41) is 1.21. The fourth-order valence-corrected chi connectivity index (χ4v) is 4.79. The molecular weight excluding hydrogens is 523 g/mol. The summed E-state index contributed by atoms with van der Waals surface area (Å²) in [5.41, 5.74) is 1.29. The van der Waals surface area contributed by atoms with Crippen LogP contribution in [-0.4, -0.2) is 14.5 Å². The van der Waals surface area contributed by atoms with Gasteiger partial charge in [-0.05, 0) is 53.4 Å². The molecule has 0 fully saturated rings. The molecule has 0 saturated carbocycles. The first-order valence-corrected chi connectivity index (χ1v) is 12.5. The molecule has 5 nitrogen and oxygen atoms in total. The lowest BCUT2D eigenvalue weighted by atomic mass is 10.2. The third-order valence-corrected chi connectivity index (χ3v) is 6.94. The van der Waals surface area contributed by atoms with Crippen molar-refractivity contribution in [1.82, 2.24) is 14.5 Å². The molecule has 0 aliphatic carbocycles. The molecule has 0 aliphatic heterocycles. The van der Waals surface area contributed by atoms with Gasteiger partial charge in [0.1, 0.15) is 11.5 Å². The van der Waals surface area contributed by atoms with Gasteiger partial charge in [-0.2, -0.15) is 18.2 Å². The lowest BCUT2D eigenvalue weighted by Gasteiger charge is -2.12. The number of benzene rings is 3. The van der Waals surface area contributed by atoms with Crippen molar-refractivity contribution in [2.45, 2.75) is 23.6 Å². The predicted molar refractivity (Wildman–Crippen MR) is 138 cm³/mol. The molecule has 2 heterocycles. The summed E-state index contributed by atoms with van der Waals surface area (Å²) in [5.74, 6) is 0.954. The minimum absolute atomic E-state index is 0.0358. The van der Waals surface area contributed by atoms with E-state index in [-0.39, 0.29) is 16.3 Å². The molecule has 0 radical (unpaired) electrons. The molecule has 5 rings (SSSR count). The highest BCUT2D eigenvalue weighted by atomic mass is 35.5. The lowest BCUT2D eigenvalue weighted by molar-refractivity contribution is -0.137. The first-order chi connectivity index (χ1) is 17.8. The zero-order valence-electron chi connectivity index (χ0n) is 19.1. The van der Waals surface area contributed by atoms with Crippen LogP contribution in [0, 0.1) is 0 Å². The van der Waals surface area contributed by atoms with Gasteiger partial charge < -0.3 is 14.3 Å². The maximum Gasteiger partial charge on any atom is 0.417 e. The molecule has 0 bridgehead atoms. The monoisotopic (exact) mass is 541 g/mol. The number of hydrogen-bond acceptors (Lipinski definition) is 4. The van der Waals surface area contributed by atoms with Crippen molar-refractivity contribution in [2.24, 2.45) is 0 Å². The van der Waals surface area contributed by atoms with E-state index in [4.69, 9.17) is 16.3 Å². The molecule has 5 aromatic rings. The minimum Gasteiger partial charge on any atom is -0.457 e. The number of fused-ring (bicyclic) bond motifs is 1. The van der Waals surface area contributed by atoms with Gasteiger partial charge >= 0.3 is 6.18 Å². The van der Waals surface area contributed by atoms with Crippen molar-refractivity contribution in [3.8, 4) is 11.5 Å². The summed E-state index contributed by atoms with van der Waals surface area (Å²) in [6.45, 7) is 0.417. The van der Waals surface area contributed by atoms with Gasteiger partial charge in [0.15, 0.2) is 5.16 Å². The number of hydrogen-bond donors (Lipinski definition) is 1. The van der Waals surface area contributed by atoms with E-state index >= 15 is 0 Å². The standard InChI is InChI=1S/C27H19ClF3N3O2S/c28-23-10-9-21(13-22(23)27(29,30)31)36-20-7-5-17(6-8-20)16-37-26-32-14-19(25(35)33-26)15-34-12-11-18-3-1-2-4-24(18)34/h1-14H,15-16H2,(H,32,33,35). The van der Waals surface area contributed by atoms with Crippen LogP contribution in [0.3, 0.4) is 0 Å². The van der Waals surface area contributed by atoms with E-state index in [1.807, 2.05) is 41.1 Å². The smallest absolute Gasteiger partial charge is 0.417 e. The number of nitrogens with one attached hydrogen (secondary N) is 1. The number of H-pyrrole nitrogens is 1. The maximum absolute atomic E-state index is 13.1. The molecule has 188 valence electrons. The number of thioether (sulfide) groups is 1. The number of aromatic amines is 1. The number of aromatic nitrogens is 3. The first-order valence-electron chi connectivity index (χ1n) is 11.1. The number of rotatable bonds is 7. The summed E-state index contributed by atoms with van der Waals surface area (Å²) in [6, 6.07) is 20.3. The molecule has 0 saturated heterocycles.